The molecule has 1 heterocycles. The Balaban J connectivity index is 0.000000262. The SMILES string of the molecule is NN1CCCCC1.O=C(O)/C=C/C(=O)O. The minimum absolute atomic E-state index is 0.558. The van der Waals surface area contributed by atoms with Crippen LogP contribution in [-0.2, 0) is 9.59 Å². The van der Waals surface area contributed by atoms with E-state index in [0.717, 1.165) is 13.1 Å². The Labute approximate surface area is 88.0 Å². The predicted molar refractivity (Wildman–Crippen MR) is 54.0 cm³/mol. The van der Waals surface area contributed by atoms with Gasteiger partial charge in [-0.15, -0.1) is 0 Å². The first-order chi connectivity index (χ1) is 7.02. The smallest absolute Gasteiger partial charge is 0.328 e. The molecule has 0 aromatic heterocycles. The molecule has 0 aliphatic carbocycles. The van der Waals surface area contributed by atoms with Crippen LogP contribution in [0.4, 0.5) is 0 Å². The summed E-state index contributed by atoms with van der Waals surface area (Å²) >= 11 is 0. The summed E-state index contributed by atoms with van der Waals surface area (Å²) in [4.78, 5) is 19.1. The Kier molecular flexibility index (Phi) is 7.21. The lowest BCUT2D eigenvalue weighted by atomic mass is 10.2. The van der Waals surface area contributed by atoms with E-state index in [1.165, 1.54) is 19.3 Å². The maximum absolute atomic E-state index is 9.55. The number of piperidine rings is 1. The molecule has 1 aliphatic rings. The molecule has 1 fully saturated rings. The molecule has 0 atom stereocenters. The number of nitrogens with two attached hydrogens (primary N) is 1. The van der Waals surface area contributed by atoms with Crippen molar-refractivity contribution < 1.29 is 19.8 Å². The summed E-state index contributed by atoms with van der Waals surface area (Å²) in [5.41, 5.74) is 0. The molecule has 1 rings (SSSR count). The Hall–Kier alpha value is -1.40. The van der Waals surface area contributed by atoms with Gasteiger partial charge in [0.25, 0.3) is 0 Å². The molecular formula is C9H16N2O4. The molecule has 0 aromatic carbocycles. The summed E-state index contributed by atoms with van der Waals surface area (Å²) in [5.74, 6) is 2.95. The second kappa shape index (κ2) is 7.95. The molecule has 0 amide bonds. The number of aliphatic carboxylic acids is 2. The zero-order valence-corrected chi connectivity index (χ0v) is 8.43. The molecule has 6 nitrogen and oxygen atoms in total. The highest BCUT2D eigenvalue weighted by Gasteiger charge is 2.02. The van der Waals surface area contributed by atoms with Gasteiger partial charge >= 0.3 is 11.9 Å². The summed E-state index contributed by atoms with van der Waals surface area (Å²) in [5, 5.41) is 17.5. The highest BCUT2D eigenvalue weighted by molar-refractivity contribution is 5.89. The molecule has 86 valence electrons. The number of carboxylic acid groups (broad SMARTS) is 2. The Morgan fingerprint density at radius 2 is 1.40 bits per heavy atom. The average molecular weight is 216 g/mol. The van der Waals surface area contributed by atoms with Crippen LogP contribution < -0.4 is 5.84 Å². The van der Waals surface area contributed by atoms with Crippen molar-refractivity contribution in [2.45, 2.75) is 19.3 Å². The van der Waals surface area contributed by atoms with Gasteiger partial charge in [-0.2, -0.15) is 0 Å². The molecule has 0 bridgehead atoms. The number of hydrogen-bond donors (Lipinski definition) is 3. The highest BCUT2D eigenvalue weighted by atomic mass is 16.4. The fourth-order valence-electron chi connectivity index (χ4n) is 1.06. The molecule has 0 spiro atoms. The van der Waals surface area contributed by atoms with E-state index in [1.807, 2.05) is 5.01 Å². The van der Waals surface area contributed by atoms with Gasteiger partial charge in [0.15, 0.2) is 0 Å². The molecule has 1 saturated heterocycles. The van der Waals surface area contributed by atoms with Crippen LogP contribution >= 0.6 is 0 Å². The molecule has 0 radical (unpaired) electrons. The summed E-state index contributed by atoms with van der Waals surface area (Å²) in [6.45, 7) is 2.19. The van der Waals surface area contributed by atoms with E-state index < -0.39 is 11.9 Å². The van der Waals surface area contributed by atoms with E-state index in [0.29, 0.717) is 12.2 Å². The van der Waals surface area contributed by atoms with Crippen LogP contribution in [0.2, 0.25) is 0 Å². The molecular weight excluding hydrogens is 200 g/mol. The summed E-state index contributed by atoms with van der Waals surface area (Å²) in [6.07, 6.45) is 5.06. The van der Waals surface area contributed by atoms with Crippen molar-refractivity contribution in [2.75, 3.05) is 13.1 Å². The first-order valence-electron chi connectivity index (χ1n) is 4.66. The number of carboxylic acids is 2. The topological polar surface area (TPSA) is 104 Å². The fraction of sp³-hybridized carbons (Fsp3) is 0.556. The zero-order chi connectivity index (χ0) is 11.7. The van der Waals surface area contributed by atoms with Crippen molar-refractivity contribution in [1.82, 2.24) is 5.01 Å². The van der Waals surface area contributed by atoms with Gasteiger partial charge in [0, 0.05) is 25.2 Å². The van der Waals surface area contributed by atoms with E-state index in [4.69, 9.17) is 16.1 Å². The Morgan fingerprint density at radius 1 is 1.00 bits per heavy atom. The van der Waals surface area contributed by atoms with Gasteiger partial charge in [0.1, 0.15) is 0 Å². The van der Waals surface area contributed by atoms with Crippen LogP contribution in [0.3, 0.4) is 0 Å². The molecule has 4 N–H and O–H groups in total. The van der Waals surface area contributed by atoms with Crippen LogP contribution in [0.25, 0.3) is 0 Å². The minimum atomic E-state index is -1.26. The average Bonchev–Trinajstić information content (AvgIpc) is 2.17. The van der Waals surface area contributed by atoms with Crippen molar-refractivity contribution in [3.8, 4) is 0 Å². The van der Waals surface area contributed by atoms with Crippen molar-refractivity contribution >= 4 is 11.9 Å². The highest BCUT2D eigenvalue weighted by Crippen LogP contribution is 2.03. The quantitative estimate of drug-likeness (QED) is 0.445. The molecule has 15 heavy (non-hydrogen) atoms. The summed E-state index contributed by atoms with van der Waals surface area (Å²) in [6, 6.07) is 0. The number of rotatable bonds is 2. The van der Waals surface area contributed by atoms with Gasteiger partial charge in [0.2, 0.25) is 0 Å². The second-order valence-electron chi connectivity index (χ2n) is 3.11. The molecule has 6 heteroatoms. The second-order valence-corrected chi connectivity index (χ2v) is 3.11. The van der Waals surface area contributed by atoms with E-state index >= 15 is 0 Å². The fourth-order valence-corrected chi connectivity index (χ4v) is 1.06. The van der Waals surface area contributed by atoms with Crippen molar-refractivity contribution in [3.05, 3.63) is 12.2 Å². The predicted octanol–water partition coefficient (Wildman–Crippen LogP) is 0.0578. The number of hydrogen-bond acceptors (Lipinski definition) is 4. The Morgan fingerprint density at radius 3 is 1.60 bits per heavy atom. The van der Waals surface area contributed by atoms with E-state index in [-0.39, 0.29) is 0 Å². The van der Waals surface area contributed by atoms with Gasteiger partial charge in [-0.3, -0.25) is 5.84 Å². The Bertz CT molecular complexity index is 218. The lowest BCUT2D eigenvalue weighted by Crippen LogP contribution is -2.35. The van der Waals surface area contributed by atoms with Crippen LogP contribution in [0.5, 0.6) is 0 Å². The maximum Gasteiger partial charge on any atom is 0.328 e. The lowest BCUT2D eigenvalue weighted by molar-refractivity contribution is -0.134. The largest absolute Gasteiger partial charge is 0.478 e. The third-order valence-corrected chi connectivity index (χ3v) is 1.76. The standard InChI is InChI=1S/C5H12N2.C4H4O4/c6-7-4-2-1-3-5-7;5-3(6)1-2-4(7)8/h1-6H2;1-2H,(H,5,6)(H,7,8)/b;2-1+. The number of nitrogens with zero attached hydrogens (tertiary/aromatic N) is 1. The normalized spacial score (nSPS) is 16.9. The third kappa shape index (κ3) is 10.5. The van der Waals surface area contributed by atoms with Crippen molar-refractivity contribution in [2.24, 2.45) is 5.84 Å². The first-order valence-corrected chi connectivity index (χ1v) is 4.66. The minimum Gasteiger partial charge on any atom is -0.478 e. The van der Waals surface area contributed by atoms with Crippen LogP contribution in [0.1, 0.15) is 19.3 Å². The van der Waals surface area contributed by atoms with E-state index in [9.17, 15) is 9.59 Å². The molecule has 0 aromatic rings. The molecule has 0 saturated carbocycles. The van der Waals surface area contributed by atoms with Gasteiger partial charge in [-0.25, -0.2) is 14.6 Å². The van der Waals surface area contributed by atoms with E-state index in [1.54, 1.807) is 0 Å². The maximum atomic E-state index is 9.55. The van der Waals surface area contributed by atoms with E-state index in [2.05, 4.69) is 0 Å². The summed E-state index contributed by atoms with van der Waals surface area (Å²) < 4.78 is 0. The number of hydrazine groups is 1. The first kappa shape index (κ1) is 13.6. The van der Waals surface area contributed by atoms with Crippen LogP contribution in [-0.4, -0.2) is 40.3 Å². The number of carbonyl (C=O) groups is 2. The van der Waals surface area contributed by atoms with Gasteiger partial charge in [-0.1, -0.05) is 6.42 Å². The third-order valence-electron chi connectivity index (χ3n) is 1.76. The van der Waals surface area contributed by atoms with Crippen molar-refractivity contribution in [3.63, 3.8) is 0 Å². The zero-order valence-electron chi connectivity index (χ0n) is 8.43. The van der Waals surface area contributed by atoms with Gasteiger partial charge in [-0.05, 0) is 12.8 Å². The lowest BCUT2D eigenvalue weighted by Gasteiger charge is -2.20. The molecule has 0 unspecified atom stereocenters. The van der Waals surface area contributed by atoms with Crippen LogP contribution in [0, 0.1) is 0 Å². The van der Waals surface area contributed by atoms with Gasteiger partial charge in [0.05, 0.1) is 0 Å². The monoisotopic (exact) mass is 216 g/mol. The van der Waals surface area contributed by atoms with Crippen LogP contribution in [0.15, 0.2) is 12.2 Å². The van der Waals surface area contributed by atoms with Crippen molar-refractivity contribution in [1.29, 1.82) is 0 Å². The van der Waals surface area contributed by atoms with Gasteiger partial charge < -0.3 is 10.2 Å². The summed E-state index contributed by atoms with van der Waals surface area (Å²) in [7, 11) is 0. The molecule has 1 aliphatic heterocycles.